The number of nitrogens with zero attached hydrogens (tertiary/aromatic N) is 1. The minimum absolute atomic E-state index is 0.416. The van der Waals surface area contributed by atoms with Crippen LogP contribution in [0.4, 0.5) is 0 Å². The molecule has 1 fully saturated rings. The number of carbonyl (C=O) groups excluding carboxylic acids is 1. The topological polar surface area (TPSA) is 45.8 Å². The van der Waals surface area contributed by atoms with Gasteiger partial charge in [0.05, 0.1) is 5.69 Å². The van der Waals surface area contributed by atoms with Crippen molar-refractivity contribution in [1.82, 2.24) is 9.97 Å². The number of hydrogen-bond donors (Lipinski definition) is 1. The molecule has 1 heterocycles. The zero-order valence-corrected chi connectivity index (χ0v) is 7.39. The van der Waals surface area contributed by atoms with Crippen molar-refractivity contribution in [2.75, 3.05) is 0 Å². The first-order valence-electron chi connectivity index (χ1n) is 3.52. The Hall–Kier alpha value is -0.640. The maximum absolute atomic E-state index is 10.3. The van der Waals surface area contributed by atoms with Gasteiger partial charge < -0.3 is 4.98 Å². The maximum Gasteiger partial charge on any atom is 0.185 e. The fourth-order valence-corrected chi connectivity index (χ4v) is 1.70. The number of aldehydes is 1. The zero-order valence-electron chi connectivity index (χ0n) is 5.80. The van der Waals surface area contributed by atoms with E-state index in [1.54, 1.807) is 0 Å². The van der Waals surface area contributed by atoms with E-state index in [4.69, 9.17) is 0 Å². The number of halogens is 1. The summed E-state index contributed by atoms with van der Waals surface area (Å²) >= 11 is 3.30. The van der Waals surface area contributed by atoms with Gasteiger partial charge in [0, 0.05) is 5.92 Å². The zero-order chi connectivity index (χ0) is 7.84. The van der Waals surface area contributed by atoms with Crippen LogP contribution in [0, 0.1) is 0 Å². The quantitative estimate of drug-likeness (QED) is 0.765. The van der Waals surface area contributed by atoms with Crippen molar-refractivity contribution in [3.63, 3.8) is 0 Å². The number of aromatic amines is 1. The lowest BCUT2D eigenvalue weighted by Crippen LogP contribution is -1.82. The van der Waals surface area contributed by atoms with Gasteiger partial charge in [-0.15, -0.1) is 0 Å². The molecule has 1 aromatic heterocycles. The molecule has 0 aliphatic heterocycles. The molecule has 2 rings (SSSR count). The predicted molar refractivity (Wildman–Crippen MR) is 43.7 cm³/mol. The number of imidazole rings is 1. The van der Waals surface area contributed by atoms with E-state index in [2.05, 4.69) is 25.9 Å². The summed E-state index contributed by atoms with van der Waals surface area (Å²) in [6, 6.07) is 0. The van der Waals surface area contributed by atoms with Gasteiger partial charge in [0.25, 0.3) is 0 Å². The van der Waals surface area contributed by atoms with Crippen LogP contribution in [0.15, 0.2) is 4.60 Å². The highest BCUT2D eigenvalue weighted by Gasteiger charge is 2.28. The van der Waals surface area contributed by atoms with Crippen molar-refractivity contribution in [1.29, 1.82) is 0 Å². The highest BCUT2D eigenvalue weighted by Crippen LogP contribution is 2.41. The molecule has 0 amide bonds. The highest BCUT2D eigenvalue weighted by molar-refractivity contribution is 9.10. The summed E-state index contributed by atoms with van der Waals surface area (Å²) in [6.45, 7) is 0. The lowest BCUT2D eigenvalue weighted by molar-refractivity contribution is 0.111. The van der Waals surface area contributed by atoms with Gasteiger partial charge >= 0.3 is 0 Å². The second-order valence-corrected chi connectivity index (χ2v) is 3.47. The Labute approximate surface area is 72.3 Å². The van der Waals surface area contributed by atoms with Crippen LogP contribution in [0.2, 0.25) is 0 Å². The van der Waals surface area contributed by atoms with Crippen LogP contribution in [0.25, 0.3) is 0 Å². The summed E-state index contributed by atoms with van der Waals surface area (Å²) in [5.74, 6) is 1.02. The summed E-state index contributed by atoms with van der Waals surface area (Å²) < 4.78 is 0.794. The summed E-state index contributed by atoms with van der Waals surface area (Å²) in [5.41, 5.74) is 1.08. The number of hydrogen-bond acceptors (Lipinski definition) is 2. The van der Waals surface area contributed by atoms with Crippen molar-refractivity contribution < 1.29 is 4.79 Å². The smallest absolute Gasteiger partial charge is 0.185 e. The molecule has 0 aromatic carbocycles. The van der Waals surface area contributed by atoms with Crippen LogP contribution in [-0.4, -0.2) is 16.3 Å². The molecule has 1 aromatic rings. The second-order valence-electron chi connectivity index (χ2n) is 2.72. The Morgan fingerprint density at radius 1 is 1.64 bits per heavy atom. The largest absolute Gasteiger partial charge is 0.338 e. The minimum Gasteiger partial charge on any atom is -0.338 e. The molecule has 1 saturated carbocycles. The van der Waals surface area contributed by atoms with Crippen molar-refractivity contribution in [2.24, 2.45) is 0 Å². The standard InChI is InChI=1S/C7H7BrN2O/c8-7-6(4-1-2-4)9-5(3-11)10-7/h3-4H,1-2H2,(H,9,10). The minimum atomic E-state index is 0.416. The fraction of sp³-hybridized carbons (Fsp3) is 0.429. The molecule has 1 aliphatic carbocycles. The Kier molecular flexibility index (Phi) is 1.56. The Bertz CT molecular complexity index is 291. The Morgan fingerprint density at radius 2 is 2.36 bits per heavy atom. The van der Waals surface area contributed by atoms with Gasteiger partial charge in [0.15, 0.2) is 12.1 Å². The van der Waals surface area contributed by atoms with Crippen molar-refractivity contribution in [3.8, 4) is 0 Å². The van der Waals surface area contributed by atoms with E-state index in [9.17, 15) is 4.79 Å². The molecule has 1 aliphatic rings. The number of H-pyrrole nitrogens is 1. The molecule has 58 valence electrons. The SMILES string of the molecule is O=Cc1nc(Br)c(C2CC2)[nH]1. The van der Waals surface area contributed by atoms with Crippen LogP contribution in [0.3, 0.4) is 0 Å². The summed E-state index contributed by atoms with van der Waals surface area (Å²) in [7, 11) is 0. The lowest BCUT2D eigenvalue weighted by atomic mass is 10.3. The first-order valence-corrected chi connectivity index (χ1v) is 4.31. The van der Waals surface area contributed by atoms with E-state index in [1.807, 2.05) is 0 Å². The molecule has 0 saturated heterocycles. The van der Waals surface area contributed by atoms with Crippen LogP contribution in [0.5, 0.6) is 0 Å². The van der Waals surface area contributed by atoms with Gasteiger partial charge in [-0.1, -0.05) is 0 Å². The first kappa shape index (κ1) is 7.03. The molecule has 0 atom stereocenters. The Morgan fingerprint density at radius 3 is 2.82 bits per heavy atom. The summed E-state index contributed by atoms with van der Waals surface area (Å²) in [6.07, 6.45) is 3.15. The average molecular weight is 215 g/mol. The van der Waals surface area contributed by atoms with Crippen molar-refractivity contribution >= 4 is 22.2 Å². The van der Waals surface area contributed by atoms with E-state index in [1.165, 1.54) is 12.8 Å². The number of aromatic nitrogens is 2. The number of nitrogens with one attached hydrogen (secondary N) is 1. The van der Waals surface area contributed by atoms with Gasteiger partial charge in [-0.3, -0.25) is 4.79 Å². The summed E-state index contributed by atoms with van der Waals surface area (Å²) in [4.78, 5) is 17.3. The number of rotatable bonds is 2. The average Bonchev–Trinajstić information content (AvgIpc) is 2.76. The third kappa shape index (κ3) is 1.22. The van der Waals surface area contributed by atoms with E-state index < -0.39 is 0 Å². The second kappa shape index (κ2) is 2.44. The summed E-state index contributed by atoms with van der Waals surface area (Å²) in [5, 5.41) is 0. The highest BCUT2D eigenvalue weighted by atomic mass is 79.9. The molecule has 3 nitrogen and oxygen atoms in total. The van der Waals surface area contributed by atoms with Gasteiger partial charge in [0.2, 0.25) is 0 Å². The molecule has 0 radical (unpaired) electrons. The van der Waals surface area contributed by atoms with Crippen molar-refractivity contribution in [2.45, 2.75) is 18.8 Å². The van der Waals surface area contributed by atoms with Crippen LogP contribution in [-0.2, 0) is 0 Å². The van der Waals surface area contributed by atoms with E-state index in [0.717, 1.165) is 16.6 Å². The molecule has 1 N–H and O–H groups in total. The predicted octanol–water partition coefficient (Wildman–Crippen LogP) is 1.86. The van der Waals surface area contributed by atoms with Gasteiger partial charge in [-0.2, -0.15) is 0 Å². The fourth-order valence-electron chi connectivity index (χ4n) is 1.08. The number of carbonyl (C=O) groups is 1. The molecule has 11 heavy (non-hydrogen) atoms. The molecule has 0 bridgehead atoms. The molecule has 0 unspecified atom stereocenters. The molecule has 4 heteroatoms. The maximum atomic E-state index is 10.3. The monoisotopic (exact) mass is 214 g/mol. The van der Waals surface area contributed by atoms with Crippen LogP contribution in [0.1, 0.15) is 35.1 Å². The lowest BCUT2D eigenvalue weighted by Gasteiger charge is -1.88. The Balaban J connectivity index is 2.37. The third-order valence-corrected chi connectivity index (χ3v) is 2.41. The molecular weight excluding hydrogens is 208 g/mol. The first-order chi connectivity index (χ1) is 5.31. The van der Waals surface area contributed by atoms with Crippen LogP contribution >= 0.6 is 15.9 Å². The normalized spacial score (nSPS) is 16.8. The molecule has 0 spiro atoms. The molecular formula is C7H7BrN2O. The van der Waals surface area contributed by atoms with E-state index in [-0.39, 0.29) is 0 Å². The third-order valence-electron chi connectivity index (χ3n) is 1.80. The van der Waals surface area contributed by atoms with Gasteiger partial charge in [-0.25, -0.2) is 4.98 Å². The van der Waals surface area contributed by atoms with E-state index >= 15 is 0 Å². The van der Waals surface area contributed by atoms with Gasteiger partial charge in [-0.05, 0) is 28.8 Å². The van der Waals surface area contributed by atoms with Crippen molar-refractivity contribution in [3.05, 3.63) is 16.1 Å². The van der Waals surface area contributed by atoms with Gasteiger partial charge in [0.1, 0.15) is 4.60 Å². The van der Waals surface area contributed by atoms with Crippen LogP contribution < -0.4 is 0 Å². The van der Waals surface area contributed by atoms with E-state index in [0.29, 0.717) is 11.7 Å².